The van der Waals surface area contributed by atoms with Gasteiger partial charge in [-0.15, -0.1) is 0 Å². The maximum Gasteiger partial charge on any atom is 0.234 e. The molecule has 0 aromatic carbocycles. The zero-order valence-corrected chi connectivity index (χ0v) is 18.2. The fraction of sp³-hybridized carbons (Fsp3) is 0.524. The summed E-state index contributed by atoms with van der Waals surface area (Å²) < 4.78 is 31.0. The number of halogens is 3. The van der Waals surface area contributed by atoms with Gasteiger partial charge in [0.25, 0.3) is 0 Å². The van der Waals surface area contributed by atoms with E-state index in [-0.39, 0.29) is 34.4 Å². The van der Waals surface area contributed by atoms with Crippen LogP contribution >= 0.6 is 11.8 Å². The predicted octanol–water partition coefficient (Wildman–Crippen LogP) is 4.34. The van der Waals surface area contributed by atoms with Gasteiger partial charge in [-0.05, 0) is 36.8 Å². The van der Waals surface area contributed by atoms with Crippen LogP contribution in [0.1, 0.15) is 49.5 Å². The van der Waals surface area contributed by atoms with Crippen LogP contribution in [0.15, 0.2) is 40.7 Å². The van der Waals surface area contributed by atoms with Crippen LogP contribution in [0.4, 0.5) is 13.5 Å². The topological polar surface area (TPSA) is 90.5 Å². The van der Waals surface area contributed by atoms with Crippen molar-refractivity contribution in [2.24, 2.45) is 16.6 Å². The minimum Gasteiger partial charge on any atom is -0.445 e. The summed E-state index contributed by atoms with van der Waals surface area (Å²) >= 11 is 1.53. The van der Waals surface area contributed by atoms with E-state index in [1.807, 2.05) is 6.92 Å². The van der Waals surface area contributed by atoms with Gasteiger partial charge in [-0.3, -0.25) is 14.5 Å². The third-order valence-electron chi connectivity index (χ3n) is 5.69. The molecule has 2 aliphatic rings. The van der Waals surface area contributed by atoms with E-state index in [2.05, 4.69) is 14.7 Å². The summed E-state index contributed by atoms with van der Waals surface area (Å²) in [5.74, 6) is 0.817. The molecule has 0 saturated heterocycles. The lowest BCUT2D eigenvalue weighted by atomic mass is 9.69. The van der Waals surface area contributed by atoms with Gasteiger partial charge in [-0.2, -0.15) is 0 Å². The summed E-state index contributed by atoms with van der Waals surface area (Å²) in [6.07, 6.45) is 9.90. The molecule has 1 aromatic heterocycles. The lowest BCUT2D eigenvalue weighted by Gasteiger charge is -2.45. The molecule has 0 bridgehead atoms. The van der Waals surface area contributed by atoms with Gasteiger partial charge in [0.05, 0.1) is 17.9 Å². The second-order valence-electron chi connectivity index (χ2n) is 7.39. The molecule has 6 nitrogen and oxygen atoms in total. The number of hydrogen-bond acceptors (Lipinski definition) is 7. The number of carbonyl (C=O) groups is 1. The molecule has 0 amide bonds. The molecule has 1 saturated carbocycles. The van der Waals surface area contributed by atoms with E-state index in [1.165, 1.54) is 24.2 Å². The van der Waals surface area contributed by atoms with Crippen molar-refractivity contribution in [2.75, 3.05) is 19.3 Å². The highest BCUT2D eigenvalue weighted by Gasteiger charge is 2.45. The second-order valence-corrected chi connectivity index (χ2v) is 8.43. The van der Waals surface area contributed by atoms with Gasteiger partial charge in [-0.25, -0.2) is 18.7 Å². The number of amidine groups is 1. The standard InChI is InChI=1S/C21H26F2N4O2S.FH/c1-2-14(8-18(28)17-10-26-19(11-25-17)29-13-23)7-16(9-22)21-6-4-3-5-15(21)12-30-20(24)27-21;/h2,7,10-11,15H,3-6,8-9,12-13H2,1H3,(H2,24,27);1H/b14-2+,16-7+;/t15-,21-;/m0./s1. The van der Waals surface area contributed by atoms with E-state index in [0.29, 0.717) is 16.3 Å². The van der Waals surface area contributed by atoms with Crippen LogP contribution in [0.25, 0.3) is 0 Å². The number of aromatic nitrogens is 2. The monoisotopic (exact) mass is 456 g/mol. The van der Waals surface area contributed by atoms with Crippen LogP contribution in [0.5, 0.6) is 5.88 Å². The van der Waals surface area contributed by atoms with Crippen LogP contribution in [-0.2, 0) is 0 Å². The summed E-state index contributed by atoms with van der Waals surface area (Å²) in [5.41, 5.74) is 6.80. The maximum absolute atomic E-state index is 14.2. The van der Waals surface area contributed by atoms with Crippen molar-refractivity contribution >= 4 is 22.7 Å². The Morgan fingerprint density at radius 2 is 2.16 bits per heavy atom. The van der Waals surface area contributed by atoms with Gasteiger partial charge < -0.3 is 10.5 Å². The SMILES string of the molecule is C/C=C(\C=C(/CF)[C@]12CCCC[C@H]1CSC(N)=N2)CC(=O)c1cnc(OCF)cn1.F. The number of allylic oxidation sites excluding steroid dienone is 3. The van der Waals surface area contributed by atoms with E-state index in [0.717, 1.165) is 31.4 Å². The zero-order chi connectivity index (χ0) is 21.6. The third-order valence-corrected chi connectivity index (χ3v) is 6.65. The third kappa shape index (κ3) is 5.66. The Labute approximate surface area is 183 Å². The highest BCUT2D eigenvalue weighted by atomic mass is 32.2. The Kier molecular flexibility index (Phi) is 9.09. The highest BCUT2D eigenvalue weighted by Crippen LogP contribution is 2.47. The summed E-state index contributed by atoms with van der Waals surface area (Å²) in [5, 5.41) is 0.497. The summed E-state index contributed by atoms with van der Waals surface area (Å²) in [6, 6.07) is 0. The number of nitrogens with two attached hydrogens (primary N) is 1. The Hall–Kier alpha value is -2.36. The van der Waals surface area contributed by atoms with Crippen molar-refractivity contribution < 1.29 is 23.0 Å². The highest BCUT2D eigenvalue weighted by molar-refractivity contribution is 8.13. The molecule has 2 heterocycles. The fourth-order valence-electron chi connectivity index (χ4n) is 4.11. The second kappa shape index (κ2) is 11.3. The summed E-state index contributed by atoms with van der Waals surface area (Å²) in [6.45, 7) is 0.150. The van der Waals surface area contributed by atoms with E-state index in [9.17, 15) is 13.6 Å². The summed E-state index contributed by atoms with van der Waals surface area (Å²) in [4.78, 5) is 25.2. The average molecular weight is 457 g/mol. The molecule has 1 aliphatic heterocycles. The van der Waals surface area contributed by atoms with Crippen molar-refractivity contribution in [3.8, 4) is 5.88 Å². The fourth-order valence-corrected chi connectivity index (χ4v) is 5.15. The molecule has 0 unspecified atom stereocenters. The number of alkyl halides is 2. The molecule has 1 fully saturated rings. The number of Topliss-reactive ketones (excluding diaryl/α,β-unsaturated/α-hetero) is 1. The molecule has 0 spiro atoms. The predicted molar refractivity (Wildman–Crippen MR) is 117 cm³/mol. The van der Waals surface area contributed by atoms with Crippen molar-refractivity contribution in [1.29, 1.82) is 0 Å². The lowest BCUT2D eigenvalue weighted by molar-refractivity contribution is 0.0988. The first-order valence-corrected chi connectivity index (χ1v) is 10.9. The minimum absolute atomic E-state index is 0. The van der Waals surface area contributed by atoms with Crippen molar-refractivity contribution in [3.63, 3.8) is 0 Å². The number of carbonyl (C=O) groups excluding carboxylic acids is 1. The van der Waals surface area contributed by atoms with Crippen LogP contribution in [0.3, 0.4) is 0 Å². The molecule has 170 valence electrons. The largest absolute Gasteiger partial charge is 0.445 e. The molecule has 3 rings (SSSR count). The van der Waals surface area contributed by atoms with Crippen molar-refractivity contribution in [1.82, 2.24) is 9.97 Å². The molecule has 0 radical (unpaired) electrons. The van der Waals surface area contributed by atoms with Gasteiger partial charge in [0.2, 0.25) is 12.7 Å². The quantitative estimate of drug-likeness (QED) is 0.462. The summed E-state index contributed by atoms with van der Waals surface area (Å²) in [7, 11) is 0. The van der Waals surface area contributed by atoms with Gasteiger partial charge >= 0.3 is 0 Å². The minimum atomic E-state index is -1.02. The van der Waals surface area contributed by atoms with Gasteiger partial charge in [0, 0.05) is 12.2 Å². The Morgan fingerprint density at radius 3 is 2.81 bits per heavy atom. The Morgan fingerprint density at radius 1 is 1.35 bits per heavy atom. The molecule has 2 N–H and O–H groups in total. The van der Waals surface area contributed by atoms with Gasteiger partial charge in [0.1, 0.15) is 12.4 Å². The number of fused-ring (bicyclic) bond motifs is 1. The van der Waals surface area contributed by atoms with Gasteiger partial charge in [-0.1, -0.05) is 36.8 Å². The van der Waals surface area contributed by atoms with E-state index in [1.54, 1.807) is 12.2 Å². The zero-order valence-electron chi connectivity index (χ0n) is 17.4. The maximum atomic E-state index is 14.2. The van der Waals surface area contributed by atoms with E-state index < -0.39 is 19.1 Å². The number of thioether (sulfide) groups is 1. The molecular formula is C21H27F3N4O2S. The molecular weight excluding hydrogens is 429 g/mol. The number of ketones is 1. The van der Waals surface area contributed by atoms with Crippen LogP contribution in [-0.4, -0.2) is 45.7 Å². The lowest BCUT2D eigenvalue weighted by Crippen LogP contribution is -2.47. The average Bonchev–Trinajstić information content (AvgIpc) is 2.76. The number of nitrogens with zero attached hydrogens (tertiary/aromatic N) is 3. The number of rotatable bonds is 8. The Bertz CT molecular complexity index is 861. The molecule has 31 heavy (non-hydrogen) atoms. The molecule has 1 aliphatic carbocycles. The van der Waals surface area contributed by atoms with Crippen LogP contribution in [0.2, 0.25) is 0 Å². The van der Waals surface area contributed by atoms with E-state index >= 15 is 0 Å². The first-order chi connectivity index (χ1) is 14.5. The first-order valence-electron chi connectivity index (χ1n) is 9.96. The molecule has 1 aromatic rings. The van der Waals surface area contributed by atoms with Crippen molar-refractivity contribution in [3.05, 3.63) is 41.4 Å². The number of aliphatic imine (C=N–C) groups is 1. The number of hydrogen-bond donors (Lipinski definition) is 1. The van der Waals surface area contributed by atoms with E-state index in [4.69, 9.17) is 10.7 Å². The normalized spacial score (nSPS) is 24.0. The van der Waals surface area contributed by atoms with Crippen LogP contribution < -0.4 is 10.5 Å². The molecule has 2 atom stereocenters. The van der Waals surface area contributed by atoms with Gasteiger partial charge in [0.15, 0.2) is 11.0 Å². The first kappa shape index (κ1) is 24.9. The Balaban J connectivity index is 0.00000341. The number of ether oxygens (including phenoxy) is 1. The van der Waals surface area contributed by atoms with Crippen molar-refractivity contribution in [2.45, 2.75) is 44.6 Å². The smallest absolute Gasteiger partial charge is 0.234 e. The van der Waals surface area contributed by atoms with Crippen LogP contribution in [0, 0.1) is 5.92 Å². The molecule has 10 heteroatoms.